The number of rotatable bonds is 2. The Hall–Kier alpha value is 0.290. The lowest BCUT2D eigenvalue weighted by atomic mass is 9.66. The van der Waals surface area contributed by atoms with E-state index in [1.165, 1.54) is 19.3 Å². The molecule has 1 aliphatic rings. The van der Waals surface area contributed by atoms with Gasteiger partial charge in [0.25, 0.3) is 0 Å². The van der Waals surface area contributed by atoms with Crippen molar-refractivity contribution in [2.75, 3.05) is 0 Å². The maximum Gasteiger partial charge on any atom is 0.0364 e. The van der Waals surface area contributed by atoms with Gasteiger partial charge in [-0.25, -0.2) is 0 Å². The standard InChI is InChI=1S/C12H23Cl/c1-5-11(13)10-6-7-12(3,4)8-9(10)2/h9-11H,5-8H2,1-4H3. The van der Waals surface area contributed by atoms with Gasteiger partial charge in [0.2, 0.25) is 0 Å². The molecular formula is C12H23Cl. The van der Waals surface area contributed by atoms with E-state index in [2.05, 4.69) is 27.7 Å². The molecule has 0 amide bonds. The first-order valence-corrected chi connectivity index (χ1v) is 6.04. The highest BCUT2D eigenvalue weighted by Crippen LogP contribution is 2.44. The molecule has 0 aliphatic heterocycles. The van der Waals surface area contributed by atoms with Gasteiger partial charge in [-0.3, -0.25) is 0 Å². The molecule has 1 fully saturated rings. The minimum absolute atomic E-state index is 0.408. The monoisotopic (exact) mass is 202 g/mol. The molecule has 1 saturated carbocycles. The predicted molar refractivity (Wildman–Crippen MR) is 60.2 cm³/mol. The molecule has 3 unspecified atom stereocenters. The highest BCUT2D eigenvalue weighted by Gasteiger charge is 2.34. The van der Waals surface area contributed by atoms with Gasteiger partial charge in [-0.15, -0.1) is 11.6 Å². The second kappa shape index (κ2) is 4.21. The molecule has 0 radical (unpaired) electrons. The van der Waals surface area contributed by atoms with Crippen molar-refractivity contribution >= 4 is 11.6 Å². The van der Waals surface area contributed by atoms with Gasteiger partial charge in [-0.05, 0) is 42.9 Å². The first kappa shape index (κ1) is 11.4. The summed E-state index contributed by atoms with van der Waals surface area (Å²) >= 11 is 6.33. The molecule has 1 aliphatic carbocycles. The van der Waals surface area contributed by atoms with Gasteiger partial charge in [0.1, 0.15) is 0 Å². The zero-order valence-corrected chi connectivity index (χ0v) is 10.2. The van der Waals surface area contributed by atoms with Crippen LogP contribution < -0.4 is 0 Å². The van der Waals surface area contributed by atoms with Crippen molar-refractivity contribution in [3.05, 3.63) is 0 Å². The Morgan fingerprint density at radius 3 is 2.54 bits per heavy atom. The van der Waals surface area contributed by atoms with Crippen molar-refractivity contribution in [3.8, 4) is 0 Å². The van der Waals surface area contributed by atoms with Crippen LogP contribution in [0, 0.1) is 17.3 Å². The predicted octanol–water partition coefficient (Wildman–Crippen LogP) is 4.47. The van der Waals surface area contributed by atoms with Gasteiger partial charge >= 0.3 is 0 Å². The van der Waals surface area contributed by atoms with Crippen molar-refractivity contribution in [1.82, 2.24) is 0 Å². The molecule has 1 rings (SSSR count). The maximum absolute atomic E-state index is 6.33. The van der Waals surface area contributed by atoms with Gasteiger partial charge in [-0.2, -0.15) is 0 Å². The molecule has 3 atom stereocenters. The SMILES string of the molecule is CCC(Cl)C1CCC(C)(C)CC1C. The summed E-state index contributed by atoms with van der Waals surface area (Å²) in [6.45, 7) is 9.34. The van der Waals surface area contributed by atoms with Crippen LogP contribution in [-0.4, -0.2) is 5.38 Å². The molecule has 0 bridgehead atoms. The summed E-state index contributed by atoms with van der Waals surface area (Å²) in [4.78, 5) is 0. The molecular weight excluding hydrogens is 180 g/mol. The van der Waals surface area contributed by atoms with E-state index in [-0.39, 0.29) is 0 Å². The third-order valence-electron chi connectivity index (χ3n) is 3.61. The van der Waals surface area contributed by atoms with Gasteiger partial charge in [-0.1, -0.05) is 27.7 Å². The third-order valence-corrected chi connectivity index (χ3v) is 4.25. The van der Waals surface area contributed by atoms with Crippen LogP contribution in [0.25, 0.3) is 0 Å². The van der Waals surface area contributed by atoms with Gasteiger partial charge < -0.3 is 0 Å². The quantitative estimate of drug-likeness (QED) is 0.580. The lowest BCUT2D eigenvalue weighted by Crippen LogP contribution is -2.32. The number of hydrogen-bond donors (Lipinski definition) is 0. The van der Waals surface area contributed by atoms with Crippen LogP contribution in [0.5, 0.6) is 0 Å². The molecule has 0 aromatic carbocycles. The molecule has 0 aromatic heterocycles. The van der Waals surface area contributed by atoms with Crippen LogP contribution >= 0.6 is 11.6 Å². The largest absolute Gasteiger partial charge is 0.123 e. The lowest BCUT2D eigenvalue weighted by molar-refractivity contribution is 0.125. The van der Waals surface area contributed by atoms with Crippen molar-refractivity contribution in [1.29, 1.82) is 0 Å². The fraction of sp³-hybridized carbons (Fsp3) is 1.00. The maximum atomic E-state index is 6.33. The summed E-state index contributed by atoms with van der Waals surface area (Å²) in [7, 11) is 0. The van der Waals surface area contributed by atoms with Crippen LogP contribution in [0.15, 0.2) is 0 Å². The molecule has 78 valence electrons. The normalized spacial score (nSPS) is 35.8. The summed E-state index contributed by atoms with van der Waals surface area (Å²) in [6, 6.07) is 0. The second-order valence-corrected chi connectivity index (χ2v) is 6.03. The molecule has 0 nitrogen and oxygen atoms in total. The fourth-order valence-electron chi connectivity index (χ4n) is 2.81. The van der Waals surface area contributed by atoms with Crippen LogP contribution in [0.4, 0.5) is 0 Å². The Morgan fingerprint density at radius 1 is 1.46 bits per heavy atom. The van der Waals surface area contributed by atoms with Gasteiger partial charge in [0.15, 0.2) is 0 Å². The Bertz CT molecular complexity index is 163. The Kier molecular flexibility index (Phi) is 3.68. The van der Waals surface area contributed by atoms with E-state index in [0.29, 0.717) is 10.8 Å². The van der Waals surface area contributed by atoms with Gasteiger partial charge in [0, 0.05) is 5.38 Å². The molecule has 0 saturated heterocycles. The number of hydrogen-bond acceptors (Lipinski definition) is 0. The van der Waals surface area contributed by atoms with Crippen LogP contribution in [0.2, 0.25) is 0 Å². The Morgan fingerprint density at radius 2 is 2.08 bits per heavy atom. The molecule has 0 heterocycles. The summed E-state index contributed by atoms with van der Waals surface area (Å²) in [5.74, 6) is 1.57. The van der Waals surface area contributed by atoms with E-state index >= 15 is 0 Å². The summed E-state index contributed by atoms with van der Waals surface area (Å²) in [6.07, 6.45) is 5.15. The lowest BCUT2D eigenvalue weighted by Gasteiger charge is -2.41. The highest BCUT2D eigenvalue weighted by atomic mass is 35.5. The van der Waals surface area contributed by atoms with E-state index in [4.69, 9.17) is 11.6 Å². The van der Waals surface area contributed by atoms with Crippen LogP contribution in [0.1, 0.15) is 53.4 Å². The smallest absolute Gasteiger partial charge is 0.0364 e. The molecule has 13 heavy (non-hydrogen) atoms. The number of alkyl halides is 1. The number of halogens is 1. The Labute approximate surface area is 88.1 Å². The van der Waals surface area contributed by atoms with E-state index in [9.17, 15) is 0 Å². The van der Waals surface area contributed by atoms with E-state index in [0.717, 1.165) is 18.3 Å². The molecule has 0 N–H and O–H groups in total. The van der Waals surface area contributed by atoms with E-state index in [1.807, 2.05) is 0 Å². The average molecular weight is 203 g/mol. The van der Waals surface area contributed by atoms with E-state index < -0.39 is 0 Å². The zero-order chi connectivity index (χ0) is 10.1. The fourth-order valence-corrected chi connectivity index (χ4v) is 3.18. The van der Waals surface area contributed by atoms with Crippen molar-refractivity contribution in [2.24, 2.45) is 17.3 Å². The first-order valence-electron chi connectivity index (χ1n) is 5.60. The minimum atomic E-state index is 0.408. The third kappa shape index (κ3) is 2.87. The summed E-state index contributed by atoms with van der Waals surface area (Å²) in [5, 5.41) is 0.408. The van der Waals surface area contributed by atoms with Crippen molar-refractivity contribution in [2.45, 2.75) is 58.8 Å². The van der Waals surface area contributed by atoms with Crippen molar-refractivity contribution in [3.63, 3.8) is 0 Å². The molecule has 0 spiro atoms. The average Bonchev–Trinajstić information content (AvgIpc) is 2.01. The minimum Gasteiger partial charge on any atom is -0.123 e. The van der Waals surface area contributed by atoms with Gasteiger partial charge in [0.05, 0.1) is 0 Å². The van der Waals surface area contributed by atoms with Crippen molar-refractivity contribution < 1.29 is 0 Å². The Balaban J connectivity index is 2.53. The molecule has 0 aromatic rings. The zero-order valence-electron chi connectivity index (χ0n) is 9.44. The summed E-state index contributed by atoms with van der Waals surface area (Å²) in [5.41, 5.74) is 0.556. The second-order valence-electron chi connectivity index (χ2n) is 5.47. The topological polar surface area (TPSA) is 0 Å². The van der Waals surface area contributed by atoms with Crippen LogP contribution in [-0.2, 0) is 0 Å². The summed E-state index contributed by atoms with van der Waals surface area (Å²) < 4.78 is 0. The molecule has 1 heteroatoms. The first-order chi connectivity index (χ1) is 5.96. The van der Waals surface area contributed by atoms with Crippen LogP contribution in [0.3, 0.4) is 0 Å². The highest BCUT2D eigenvalue weighted by molar-refractivity contribution is 6.20. The van der Waals surface area contributed by atoms with E-state index in [1.54, 1.807) is 0 Å².